The summed E-state index contributed by atoms with van der Waals surface area (Å²) in [4.78, 5) is 0. The van der Waals surface area contributed by atoms with Gasteiger partial charge < -0.3 is 5.32 Å². The van der Waals surface area contributed by atoms with Crippen LogP contribution in [0.15, 0.2) is 30.5 Å². The largest absolute Gasteiger partial charge is 0.381 e. The van der Waals surface area contributed by atoms with Crippen molar-refractivity contribution < 1.29 is 0 Å². The van der Waals surface area contributed by atoms with Crippen molar-refractivity contribution in [1.82, 2.24) is 9.78 Å². The van der Waals surface area contributed by atoms with Gasteiger partial charge in [-0.1, -0.05) is 26.8 Å². The van der Waals surface area contributed by atoms with Crippen LogP contribution in [0.4, 0.5) is 5.69 Å². The third-order valence-electron chi connectivity index (χ3n) is 2.92. The lowest BCUT2D eigenvalue weighted by Gasteiger charge is -2.18. The van der Waals surface area contributed by atoms with Gasteiger partial charge in [0.2, 0.25) is 0 Å². The van der Waals surface area contributed by atoms with Gasteiger partial charge in [0.05, 0.1) is 5.69 Å². The Kier molecular flexibility index (Phi) is 4.18. The Morgan fingerprint density at radius 2 is 2.05 bits per heavy atom. The van der Waals surface area contributed by atoms with Crippen LogP contribution < -0.4 is 5.32 Å². The summed E-state index contributed by atoms with van der Waals surface area (Å²) >= 11 is 2.33. The lowest BCUT2D eigenvalue weighted by atomic mass is 9.89. The summed E-state index contributed by atoms with van der Waals surface area (Å²) in [6.45, 7) is 7.40. The molecule has 0 bridgehead atoms. The number of halogens is 1. The molecule has 2 rings (SSSR count). The predicted molar refractivity (Wildman–Crippen MR) is 88.4 cm³/mol. The zero-order valence-corrected chi connectivity index (χ0v) is 14.0. The van der Waals surface area contributed by atoms with Gasteiger partial charge in [-0.25, -0.2) is 0 Å². The van der Waals surface area contributed by atoms with Gasteiger partial charge in [0, 0.05) is 40.0 Å². The second kappa shape index (κ2) is 5.53. The molecule has 0 spiro atoms. The molecule has 19 heavy (non-hydrogen) atoms. The molecule has 0 amide bonds. The lowest BCUT2D eigenvalue weighted by molar-refractivity contribution is 0.549. The molecule has 1 N–H and O–H groups in total. The number of aryl methyl sites for hydroxylation is 1. The minimum absolute atomic E-state index is 0.0728. The molecule has 0 aliphatic heterocycles. The van der Waals surface area contributed by atoms with E-state index in [1.165, 1.54) is 9.13 Å². The summed E-state index contributed by atoms with van der Waals surface area (Å²) < 4.78 is 3.14. The maximum atomic E-state index is 4.59. The number of benzene rings is 1. The van der Waals surface area contributed by atoms with E-state index >= 15 is 0 Å². The zero-order chi connectivity index (χ0) is 14.0. The molecule has 3 nitrogen and oxygen atoms in total. The van der Waals surface area contributed by atoms with Gasteiger partial charge in [0.15, 0.2) is 0 Å². The topological polar surface area (TPSA) is 29.9 Å². The van der Waals surface area contributed by atoms with E-state index in [0.717, 1.165) is 17.9 Å². The highest BCUT2D eigenvalue weighted by Crippen LogP contribution is 2.25. The Balaban J connectivity index is 2.16. The monoisotopic (exact) mass is 369 g/mol. The summed E-state index contributed by atoms with van der Waals surface area (Å²) in [6, 6.07) is 8.40. The Morgan fingerprint density at radius 3 is 2.68 bits per heavy atom. The summed E-state index contributed by atoms with van der Waals surface area (Å²) in [7, 11) is 1.98. The van der Waals surface area contributed by atoms with Gasteiger partial charge in [0.1, 0.15) is 0 Å². The van der Waals surface area contributed by atoms with Crippen LogP contribution in [0.2, 0.25) is 0 Å². The summed E-state index contributed by atoms with van der Waals surface area (Å²) in [5.41, 5.74) is 3.64. The normalized spacial score (nSPS) is 11.6. The van der Waals surface area contributed by atoms with Crippen molar-refractivity contribution in [2.24, 2.45) is 7.05 Å². The van der Waals surface area contributed by atoms with E-state index in [1.807, 2.05) is 11.7 Å². The number of rotatable bonds is 3. The fourth-order valence-electron chi connectivity index (χ4n) is 2.09. The van der Waals surface area contributed by atoms with Crippen molar-refractivity contribution in [2.45, 2.75) is 32.7 Å². The molecule has 0 fully saturated rings. The van der Waals surface area contributed by atoms with Crippen LogP contribution in [-0.2, 0) is 19.0 Å². The van der Waals surface area contributed by atoms with Gasteiger partial charge in [-0.2, -0.15) is 5.10 Å². The van der Waals surface area contributed by atoms with Gasteiger partial charge in [-0.05, 0) is 40.8 Å². The number of anilines is 1. The zero-order valence-electron chi connectivity index (χ0n) is 11.9. The predicted octanol–water partition coefficient (Wildman–Crippen LogP) is 3.93. The van der Waals surface area contributed by atoms with Crippen molar-refractivity contribution >= 4 is 28.3 Å². The number of nitrogens with zero attached hydrogens (tertiary/aromatic N) is 2. The van der Waals surface area contributed by atoms with Crippen LogP contribution in [0.1, 0.15) is 32.0 Å². The number of hydrogen-bond donors (Lipinski definition) is 1. The fourth-order valence-corrected chi connectivity index (χ4v) is 2.64. The van der Waals surface area contributed by atoms with Crippen LogP contribution in [0.25, 0.3) is 0 Å². The summed E-state index contributed by atoms with van der Waals surface area (Å²) in [6.07, 6.45) is 2.10. The third kappa shape index (κ3) is 3.72. The molecule has 0 saturated heterocycles. The smallest absolute Gasteiger partial charge is 0.0727 e. The van der Waals surface area contributed by atoms with E-state index in [9.17, 15) is 0 Å². The van der Waals surface area contributed by atoms with E-state index in [2.05, 4.69) is 84.2 Å². The van der Waals surface area contributed by atoms with Crippen LogP contribution in [0.5, 0.6) is 0 Å². The Bertz CT molecular complexity index is 567. The van der Waals surface area contributed by atoms with E-state index in [1.54, 1.807) is 0 Å². The molecule has 0 atom stereocenters. The SMILES string of the molecule is Cn1cc(CNc2cccc(I)c2)c(C(C)(C)C)n1. The number of nitrogens with one attached hydrogen (secondary N) is 1. The molecule has 4 heteroatoms. The van der Waals surface area contributed by atoms with E-state index in [4.69, 9.17) is 0 Å². The molecular weight excluding hydrogens is 349 g/mol. The fraction of sp³-hybridized carbons (Fsp3) is 0.400. The lowest BCUT2D eigenvalue weighted by Crippen LogP contribution is -2.16. The molecule has 1 aromatic carbocycles. The van der Waals surface area contributed by atoms with Crippen LogP contribution in [0.3, 0.4) is 0 Å². The number of hydrogen-bond acceptors (Lipinski definition) is 2. The van der Waals surface area contributed by atoms with Crippen molar-refractivity contribution in [1.29, 1.82) is 0 Å². The quantitative estimate of drug-likeness (QED) is 0.831. The summed E-state index contributed by atoms with van der Waals surface area (Å²) in [5, 5.41) is 8.06. The molecule has 0 saturated carbocycles. The Labute approximate surface area is 128 Å². The van der Waals surface area contributed by atoms with Crippen molar-refractivity contribution in [2.75, 3.05) is 5.32 Å². The number of aromatic nitrogens is 2. The van der Waals surface area contributed by atoms with Crippen LogP contribution in [0, 0.1) is 3.57 Å². The van der Waals surface area contributed by atoms with E-state index in [-0.39, 0.29) is 5.41 Å². The average molecular weight is 369 g/mol. The van der Waals surface area contributed by atoms with Crippen LogP contribution >= 0.6 is 22.6 Å². The third-order valence-corrected chi connectivity index (χ3v) is 3.59. The highest BCUT2D eigenvalue weighted by Gasteiger charge is 2.21. The van der Waals surface area contributed by atoms with E-state index < -0.39 is 0 Å². The molecule has 0 aliphatic carbocycles. The van der Waals surface area contributed by atoms with Gasteiger partial charge >= 0.3 is 0 Å². The van der Waals surface area contributed by atoms with Gasteiger partial charge in [-0.3, -0.25) is 4.68 Å². The molecule has 0 aliphatic rings. The second-order valence-corrected chi connectivity index (χ2v) is 7.04. The maximum absolute atomic E-state index is 4.59. The molecule has 1 aromatic heterocycles. The Hall–Kier alpha value is -1.04. The second-order valence-electron chi connectivity index (χ2n) is 5.79. The highest BCUT2D eigenvalue weighted by molar-refractivity contribution is 14.1. The molecule has 2 aromatic rings. The molecule has 102 valence electrons. The van der Waals surface area contributed by atoms with E-state index in [0.29, 0.717) is 0 Å². The molecular formula is C15H20IN3. The first-order valence-electron chi connectivity index (χ1n) is 6.39. The molecule has 0 unspecified atom stereocenters. The minimum atomic E-state index is 0.0728. The molecule has 0 radical (unpaired) electrons. The summed E-state index contributed by atoms with van der Waals surface area (Å²) in [5.74, 6) is 0. The molecule has 1 heterocycles. The van der Waals surface area contributed by atoms with Crippen LogP contribution in [-0.4, -0.2) is 9.78 Å². The first kappa shape index (κ1) is 14.4. The van der Waals surface area contributed by atoms with Crippen molar-refractivity contribution in [3.05, 3.63) is 45.3 Å². The standard InChI is InChI=1S/C15H20IN3/c1-15(2,3)14-11(10-19(4)18-14)9-17-13-7-5-6-12(16)8-13/h5-8,10,17H,9H2,1-4H3. The van der Waals surface area contributed by atoms with Gasteiger partial charge in [-0.15, -0.1) is 0 Å². The van der Waals surface area contributed by atoms with Gasteiger partial charge in [0.25, 0.3) is 0 Å². The maximum Gasteiger partial charge on any atom is 0.0727 e. The Morgan fingerprint density at radius 1 is 1.32 bits per heavy atom. The first-order chi connectivity index (χ1) is 8.86. The minimum Gasteiger partial charge on any atom is -0.381 e. The average Bonchev–Trinajstić information content (AvgIpc) is 2.68. The first-order valence-corrected chi connectivity index (χ1v) is 7.46. The van der Waals surface area contributed by atoms with Crippen molar-refractivity contribution in [3.8, 4) is 0 Å². The highest BCUT2D eigenvalue weighted by atomic mass is 127. The van der Waals surface area contributed by atoms with Crippen molar-refractivity contribution in [3.63, 3.8) is 0 Å².